The van der Waals surface area contributed by atoms with Gasteiger partial charge in [0, 0.05) is 29.2 Å². The molecule has 0 atom stereocenters. The van der Waals surface area contributed by atoms with E-state index < -0.39 is 0 Å². The lowest BCUT2D eigenvalue weighted by atomic mass is 9.91. The predicted octanol–water partition coefficient (Wildman–Crippen LogP) is 5.40. The summed E-state index contributed by atoms with van der Waals surface area (Å²) in [7, 11) is 6.57. The molecule has 0 unspecified atom stereocenters. The highest BCUT2D eigenvalue weighted by molar-refractivity contribution is 9.10. The minimum atomic E-state index is 0.0410. The van der Waals surface area contributed by atoms with Gasteiger partial charge in [-0.25, -0.2) is 0 Å². The van der Waals surface area contributed by atoms with Crippen LogP contribution in [0, 0.1) is 0 Å². The Morgan fingerprint density at radius 2 is 0.958 bits per heavy atom. The van der Waals surface area contributed by atoms with Crippen LogP contribution in [0.4, 0.5) is 0 Å². The van der Waals surface area contributed by atoms with Crippen LogP contribution in [0.5, 0.6) is 23.0 Å². The summed E-state index contributed by atoms with van der Waals surface area (Å²) in [5.41, 5.74) is 2.06. The standard InChI is InChI=1S/C18H20Br2O4/c1-10(11-6-13(19)17(23-4)8-15(11)21-2)12-7-14(20)18(24-5)9-16(12)22-3/h6-10H,1-5H3. The van der Waals surface area contributed by atoms with Crippen molar-refractivity contribution in [2.45, 2.75) is 12.8 Å². The summed E-state index contributed by atoms with van der Waals surface area (Å²) >= 11 is 7.09. The normalized spacial score (nSPS) is 10.7. The zero-order valence-electron chi connectivity index (χ0n) is 14.3. The quantitative estimate of drug-likeness (QED) is 0.579. The SMILES string of the molecule is COc1cc(OC)c(C(C)c2cc(Br)c(OC)cc2OC)cc1Br. The van der Waals surface area contributed by atoms with Crippen molar-refractivity contribution in [1.82, 2.24) is 0 Å². The van der Waals surface area contributed by atoms with Crippen molar-refractivity contribution in [2.75, 3.05) is 28.4 Å². The number of benzene rings is 2. The molecule has 0 aliphatic rings. The smallest absolute Gasteiger partial charge is 0.136 e. The van der Waals surface area contributed by atoms with Gasteiger partial charge in [0.2, 0.25) is 0 Å². The number of rotatable bonds is 6. The zero-order valence-corrected chi connectivity index (χ0v) is 17.4. The molecule has 0 aromatic heterocycles. The Balaban J connectivity index is 2.58. The summed E-state index contributed by atoms with van der Waals surface area (Å²) in [4.78, 5) is 0. The van der Waals surface area contributed by atoms with E-state index in [1.54, 1.807) is 28.4 Å². The molecule has 2 aromatic carbocycles. The van der Waals surface area contributed by atoms with Crippen LogP contribution < -0.4 is 18.9 Å². The lowest BCUT2D eigenvalue weighted by Gasteiger charge is -2.21. The largest absolute Gasteiger partial charge is 0.496 e. The van der Waals surface area contributed by atoms with Crippen molar-refractivity contribution in [1.29, 1.82) is 0 Å². The minimum absolute atomic E-state index is 0.0410. The van der Waals surface area contributed by atoms with Gasteiger partial charge in [0.15, 0.2) is 0 Å². The molecule has 0 N–H and O–H groups in total. The van der Waals surface area contributed by atoms with Gasteiger partial charge in [-0.05, 0) is 44.0 Å². The Labute approximate surface area is 159 Å². The van der Waals surface area contributed by atoms with E-state index in [4.69, 9.17) is 18.9 Å². The monoisotopic (exact) mass is 458 g/mol. The van der Waals surface area contributed by atoms with Gasteiger partial charge in [-0.3, -0.25) is 0 Å². The van der Waals surface area contributed by atoms with Crippen molar-refractivity contribution >= 4 is 31.9 Å². The highest BCUT2D eigenvalue weighted by atomic mass is 79.9. The molecular formula is C18H20Br2O4. The molecule has 4 nitrogen and oxygen atoms in total. The first-order chi connectivity index (χ1) is 11.5. The van der Waals surface area contributed by atoms with Gasteiger partial charge in [0.1, 0.15) is 23.0 Å². The van der Waals surface area contributed by atoms with E-state index in [1.807, 2.05) is 24.3 Å². The Morgan fingerprint density at radius 1 is 0.625 bits per heavy atom. The van der Waals surface area contributed by atoms with Gasteiger partial charge in [-0.1, -0.05) is 6.92 Å². The lowest BCUT2D eigenvalue weighted by molar-refractivity contribution is 0.383. The Hall–Kier alpha value is -1.40. The molecule has 0 aliphatic carbocycles. The topological polar surface area (TPSA) is 36.9 Å². The third-order valence-electron chi connectivity index (χ3n) is 3.94. The number of ether oxygens (including phenoxy) is 4. The van der Waals surface area contributed by atoms with Crippen LogP contribution in [0.25, 0.3) is 0 Å². The molecular weight excluding hydrogens is 440 g/mol. The fraction of sp³-hybridized carbons (Fsp3) is 0.333. The molecule has 0 aliphatic heterocycles. The van der Waals surface area contributed by atoms with Gasteiger partial charge in [-0.2, -0.15) is 0 Å². The average molecular weight is 460 g/mol. The Kier molecular flexibility index (Phi) is 6.40. The van der Waals surface area contributed by atoms with E-state index in [1.165, 1.54) is 0 Å². The van der Waals surface area contributed by atoms with Crippen LogP contribution in [0.3, 0.4) is 0 Å². The summed E-state index contributed by atoms with van der Waals surface area (Å²) in [6.45, 7) is 2.10. The highest BCUT2D eigenvalue weighted by Gasteiger charge is 2.21. The van der Waals surface area contributed by atoms with Gasteiger partial charge in [-0.15, -0.1) is 0 Å². The van der Waals surface area contributed by atoms with Crippen LogP contribution in [-0.4, -0.2) is 28.4 Å². The van der Waals surface area contributed by atoms with E-state index in [0.29, 0.717) is 0 Å². The van der Waals surface area contributed by atoms with E-state index in [0.717, 1.165) is 43.1 Å². The maximum absolute atomic E-state index is 5.56. The summed E-state index contributed by atoms with van der Waals surface area (Å²) in [5.74, 6) is 3.02. The fourth-order valence-electron chi connectivity index (χ4n) is 2.61. The summed E-state index contributed by atoms with van der Waals surface area (Å²) in [5, 5.41) is 0. The molecule has 0 saturated carbocycles. The number of hydrogen-bond donors (Lipinski definition) is 0. The molecule has 0 radical (unpaired) electrons. The summed E-state index contributed by atoms with van der Waals surface area (Å²) in [6.07, 6.45) is 0. The average Bonchev–Trinajstić information content (AvgIpc) is 2.60. The van der Waals surface area contributed by atoms with E-state index in [9.17, 15) is 0 Å². The van der Waals surface area contributed by atoms with Gasteiger partial charge >= 0.3 is 0 Å². The summed E-state index contributed by atoms with van der Waals surface area (Å²) in [6, 6.07) is 7.78. The van der Waals surface area contributed by atoms with Crippen molar-refractivity contribution in [3.8, 4) is 23.0 Å². The van der Waals surface area contributed by atoms with Crippen molar-refractivity contribution < 1.29 is 18.9 Å². The molecule has 130 valence electrons. The van der Waals surface area contributed by atoms with E-state index >= 15 is 0 Å². The van der Waals surface area contributed by atoms with Crippen molar-refractivity contribution in [3.63, 3.8) is 0 Å². The fourth-order valence-corrected chi connectivity index (χ4v) is 3.66. The molecule has 6 heteroatoms. The van der Waals surface area contributed by atoms with Crippen LogP contribution >= 0.6 is 31.9 Å². The maximum atomic E-state index is 5.56. The molecule has 24 heavy (non-hydrogen) atoms. The molecule has 0 fully saturated rings. The Bertz CT molecular complexity index is 670. The minimum Gasteiger partial charge on any atom is -0.496 e. The first-order valence-electron chi connectivity index (χ1n) is 7.29. The highest BCUT2D eigenvalue weighted by Crippen LogP contribution is 2.43. The second-order valence-corrected chi connectivity index (χ2v) is 6.89. The summed E-state index contributed by atoms with van der Waals surface area (Å²) < 4.78 is 23.6. The van der Waals surface area contributed by atoms with Crippen LogP contribution in [-0.2, 0) is 0 Å². The van der Waals surface area contributed by atoms with Gasteiger partial charge in [0.05, 0.1) is 37.4 Å². The molecule has 0 spiro atoms. The van der Waals surface area contributed by atoms with Crippen molar-refractivity contribution in [3.05, 3.63) is 44.3 Å². The number of hydrogen-bond acceptors (Lipinski definition) is 4. The number of halogens is 2. The third kappa shape index (κ3) is 3.64. The van der Waals surface area contributed by atoms with Gasteiger partial charge < -0.3 is 18.9 Å². The first kappa shape index (κ1) is 18.9. The van der Waals surface area contributed by atoms with Crippen molar-refractivity contribution in [2.24, 2.45) is 0 Å². The number of methoxy groups -OCH3 is 4. The predicted molar refractivity (Wildman–Crippen MR) is 102 cm³/mol. The lowest BCUT2D eigenvalue weighted by Crippen LogP contribution is -2.04. The third-order valence-corrected chi connectivity index (χ3v) is 5.18. The maximum Gasteiger partial charge on any atom is 0.136 e. The molecule has 0 bridgehead atoms. The van der Waals surface area contributed by atoms with Crippen LogP contribution in [0.15, 0.2) is 33.2 Å². The van der Waals surface area contributed by atoms with Gasteiger partial charge in [0.25, 0.3) is 0 Å². The Morgan fingerprint density at radius 3 is 1.25 bits per heavy atom. The van der Waals surface area contributed by atoms with E-state index in [2.05, 4.69) is 38.8 Å². The molecule has 0 saturated heterocycles. The second-order valence-electron chi connectivity index (χ2n) is 5.18. The van der Waals surface area contributed by atoms with E-state index in [-0.39, 0.29) is 5.92 Å². The second kappa shape index (κ2) is 8.12. The zero-order chi connectivity index (χ0) is 17.9. The molecule has 2 aromatic rings. The first-order valence-corrected chi connectivity index (χ1v) is 8.88. The molecule has 2 rings (SSSR count). The van der Waals surface area contributed by atoms with Crippen LogP contribution in [0.1, 0.15) is 24.0 Å². The molecule has 0 heterocycles. The molecule has 0 amide bonds. The van der Waals surface area contributed by atoms with Crippen LogP contribution in [0.2, 0.25) is 0 Å².